The summed E-state index contributed by atoms with van der Waals surface area (Å²) in [4.78, 5) is 0.0479. The second-order valence-corrected chi connectivity index (χ2v) is 6.56. The highest BCUT2D eigenvalue weighted by Gasteiger charge is 2.32. The number of nitrogens with one attached hydrogen (secondary N) is 1. The Kier molecular flexibility index (Phi) is 4.96. The lowest BCUT2D eigenvalue weighted by atomic mass is 10.2. The maximum absolute atomic E-state index is 12.3. The third kappa shape index (κ3) is 4.97. The van der Waals surface area contributed by atoms with Crippen LogP contribution in [-0.4, -0.2) is 14.8 Å². The Hall–Kier alpha value is -2.06. The minimum absolute atomic E-state index is 0.0479. The number of halogens is 3. The van der Waals surface area contributed by atoms with Crippen LogP contribution in [-0.2, 0) is 16.6 Å². The highest BCUT2D eigenvalue weighted by atomic mass is 32.2. The van der Waals surface area contributed by atoms with Crippen molar-refractivity contribution in [1.82, 2.24) is 4.72 Å². The van der Waals surface area contributed by atoms with Crippen LogP contribution in [0.1, 0.15) is 11.1 Å². The van der Waals surface area contributed by atoms with Crippen LogP contribution < -0.4 is 9.46 Å². The Morgan fingerprint density at radius 1 is 1.09 bits per heavy atom. The lowest BCUT2D eigenvalue weighted by Crippen LogP contribution is -2.24. The first-order valence-corrected chi connectivity index (χ1v) is 8.06. The zero-order valence-electron chi connectivity index (χ0n) is 12.1. The van der Waals surface area contributed by atoms with E-state index in [1.165, 1.54) is 30.3 Å². The summed E-state index contributed by atoms with van der Waals surface area (Å²) in [5.74, 6) is -0.438. The maximum Gasteiger partial charge on any atom is 0.573 e. The van der Waals surface area contributed by atoms with Crippen LogP contribution in [0.25, 0.3) is 0 Å². The van der Waals surface area contributed by atoms with Gasteiger partial charge in [0, 0.05) is 12.1 Å². The number of rotatable bonds is 5. The van der Waals surface area contributed by atoms with E-state index in [2.05, 4.69) is 9.46 Å². The number of para-hydroxylation sites is 1. The molecule has 124 valence electrons. The molecule has 0 radical (unpaired) electrons. The molecule has 2 rings (SSSR count). The average molecular weight is 345 g/mol. The van der Waals surface area contributed by atoms with Gasteiger partial charge in [-0.2, -0.15) is 0 Å². The molecule has 0 atom stereocenters. The van der Waals surface area contributed by atoms with E-state index in [0.717, 1.165) is 11.6 Å². The Balaban J connectivity index is 2.18. The van der Waals surface area contributed by atoms with Gasteiger partial charge in [-0.05, 0) is 30.7 Å². The van der Waals surface area contributed by atoms with E-state index in [0.29, 0.717) is 0 Å². The molecule has 0 aliphatic rings. The first kappa shape index (κ1) is 17.3. The first-order valence-electron chi connectivity index (χ1n) is 6.57. The van der Waals surface area contributed by atoms with Gasteiger partial charge in [0.15, 0.2) is 0 Å². The molecule has 2 aromatic rings. The fourth-order valence-electron chi connectivity index (χ4n) is 1.91. The van der Waals surface area contributed by atoms with Crippen molar-refractivity contribution in [1.29, 1.82) is 0 Å². The molecular weight excluding hydrogens is 331 g/mol. The molecular formula is C15H14F3NO3S. The summed E-state index contributed by atoms with van der Waals surface area (Å²) in [7, 11) is -3.83. The van der Waals surface area contributed by atoms with Gasteiger partial charge in [0.1, 0.15) is 5.75 Å². The van der Waals surface area contributed by atoms with E-state index in [4.69, 9.17) is 0 Å². The number of ether oxygens (including phenoxy) is 1. The molecule has 0 aliphatic carbocycles. The van der Waals surface area contributed by atoms with Crippen LogP contribution in [0.5, 0.6) is 5.75 Å². The van der Waals surface area contributed by atoms with Gasteiger partial charge >= 0.3 is 6.36 Å². The highest BCUT2D eigenvalue weighted by molar-refractivity contribution is 7.89. The predicted molar refractivity (Wildman–Crippen MR) is 78.3 cm³/mol. The standard InChI is InChI=1S/C15H14F3NO3S/c1-11-5-4-7-13(9-11)23(20,21)19-10-12-6-2-3-8-14(12)22-15(16,17)18/h2-9,19H,10H2,1H3. The Labute approximate surface area is 132 Å². The van der Waals surface area contributed by atoms with E-state index in [1.54, 1.807) is 19.1 Å². The van der Waals surface area contributed by atoms with E-state index < -0.39 is 22.1 Å². The van der Waals surface area contributed by atoms with E-state index >= 15 is 0 Å². The first-order chi connectivity index (χ1) is 10.7. The molecule has 0 fully saturated rings. The monoisotopic (exact) mass is 345 g/mol. The van der Waals surface area contributed by atoms with Gasteiger partial charge in [-0.1, -0.05) is 30.3 Å². The van der Waals surface area contributed by atoms with Crippen molar-refractivity contribution in [3.05, 3.63) is 59.7 Å². The minimum atomic E-state index is -4.84. The van der Waals surface area contributed by atoms with Crippen molar-refractivity contribution < 1.29 is 26.3 Å². The van der Waals surface area contributed by atoms with Crippen molar-refractivity contribution in [2.24, 2.45) is 0 Å². The van der Waals surface area contributed by atoms with Gasteiger partial charge < -0.3 is 4.74 Å². The van der Waals surface area contributed by atoms with Crippen molar-refractivity contribution in [3.8, 4) is 5.75 Å². The normalized spacial score (nSPS) is 12.2. The van der Waals surface area contributed by atoms with Gasteiger partial charge in [-0.3, -0.25) is 0 Å². The van der Waals surface area contributed by atoms with E-state index in [-0.39, 0.29) is 17.0 Å². The number of alkyl halides is 3. The molecule has 23 heavy (non-hydrogen) atoms. The molecule has 0 aromatic heterocycles. The topological polar surface area (TPSA) is 55.4 Å². The molecule has 0 saturated heterocycles. The highest BCUT2D eigenvalue weighted by Crippen LogP contribution is 2.26. The summed E-state index contributed by atoms with van der Waals surface area (Å²) < 4.78 is 67.6. The number of sulfonamides is 1. The molecule has 2 aromatic carbocycles. The molecule has 0 spiro atoms. The van der Waals surface area contributed by atoms with E-state index in [9.17, 15) is 21.6 Å². The summed E-state index contributed by atoms with van der Waals surface area (Å²) in [6, 6.07) is 11.6. The van der Waals surface area contributed by atoms with Crippen LogP contribution in [0.4, 0.5) is 13.2 Å². The van der Waals surface area contributed by atoms with Gasteiger partial charge in [0.05, 0.1) is 4.90 Å². The van der Waals surface area contributed by atoms with Crippen molar-refractivity contribution in [2.45, 2.75) is 24.7 Å². The molecule has 0 bridgehead atoms. The number of benzene rings is 2. The molecule has 0 heterocycles. The summed E-state index contributed by atoms with van der Waals surface area (Å²) >= 11 is 0. The van der Waals surface area contributed by atoms with Crippen LogP contribution >= 0.6 is 0 Å². The number of hydrogen-bond acceptors (Lipinski definition) is 3. The second kappa shape index (κ2) is 6.59. The van der Waals surface area contributed by atoms with Crippen LogP contribution in [0.15, 0.2) is 53.4 Å². The molecule has 0 aliphatic heterocycles. The van der Waals surface area contributed by atoms with Crippen molar-refractivity contribution in [3.63, 3.8) is 0 Å². The third-order valence-corrected chi connectivity index (χ3v) is 4.35. The SMILES string of the molecule is Cc1cccc(S(=O)(=O)NCc2ccccc2OC(F)(F)F)c1. The molecule has 0 saturated carbocycles. The van der Waals surface area contributed by atoms with Gasteiger partial charge in [-0.25, -0.2) is 13.1 Å². The van der Waals surface area contributed by atoms with Crippen LogP contribution in [0.3, 0.4) is 0 Å². The molecule has 0 amide bonds. The maximum atomic E-state index is 12.3. The summed E-state index contributed by atoms with van der Waals surface area (Å²) in [5, 5.41) is 0. The molecule has 8 heteroatoms. The van der Waals surface area contributed by atoms with Crippen LogP contribution in [0.2, 0.25) is 0 Å². The summed E-state index contributed by atoms with van der Waals surface area (Å²) in [5.41, 5.74) is 0.842. The van der Waals surface area contributed by atoms with Gasteiger partial charge in [0.25, 0.3) is 0 Å². The fraction of sp³-hybridized carbons (Fsp3) is 0.200. The molecule has 4 nitrogen and oxygen atoms in total. The number of aryl methyl sites for hydroxylation is 1. The molecule has 0 unspecified atom stereocenters. The number of hydrogen-bond donors (Lipinski definition) is 1. The Bertz CT molecular complexity index is 789. The van der Waals surface area contributed by atoms with Gasteiger partial charge in [0.2, 0.25) is 10.0 Å². The van der Waals surface area contributed by atoms with E-state index in [1.807, 2.05) is 0 Å². The third-order valence-electron chi connectivity index (χ3n) is 2.95. The Morgan fingerprint density at radius 2 is 1.78 bits per heavy atom. The minimum Gasteiger partial charge on any atom is -0.405 e. The Morgan fingerprint density at radius 3 is 2.43 bits per heavy atom. The van der Waals surface area contributed by atoms with Gasteiger partial charge in [-0.15, -0.1) is 13.2 Å². The lowest BCUT2D eigenvalue weighted by Gasteiger charge is -2.14. The largest absolute Gasteiger partial charge is 0.573 e. The van der Waals surface area contributed by atoms with Crippen molar-refractivity contribution >= 4 is 10.0 Å². The van der Waals surface area contributed by atoms with Crippen molar-refractivity contribution in [2.75, 3.05) is 0 Å². The second-order valence-electron chi connectivity index (χ2n) is 4.80. The summed E-state index contributed by atoms with van der Waals surface area (Å²) in [6.07, 6.45) is -4.84. The zero-order valence-corrected chi connectivity index (χ0v) is 12.9. The fourth-order valence-corrected chi connectivity index (χ4v) is 3.02. The van der Waals surface area contributed by atoms with Crippen LogP contribution in [0, 0.1) is 6.92 Å². The lowest BCUT2D eigenvalue weighted by molar-refractivity contribution is -0.274. The summed E-state index contributed by atoms with van der Waals surface area (Å²) in [6.45, 7) is 1.42. The molecule has 1 N–H and O–H groups in total. The zero-order chi connectivity index (χ0) is 17.1. The quantitative estimate of drug-likeness (QED) is 0.904. The smallest absolute Gasteiger partial charge is 0.405 e. The predicted octanol–water partition coefficient (Wildman–Crippen LogP) is 3.37. The average Bonchev–Trinajstić information content (AvgIpc) is 2.45.